The summed E-state index contributed by atoms with van der Waals surface area (Å²) in [4.78, 5) is 19.7. The molecule has 156 valence electrons. The topological polar surface area (TPSA) is 71.8 Å². The van der Waals surface area contributed by atoms with E-state index >= 15 is 0 Å². The Kier molecular flexibility index (Phi) is 5.65. The predicted molar refractivity (Wildman–Crippen MR) is 117 cm³/mol. The van der Waals surface area contributed by atoms with Crippen molar-refractivity contribution in [1.29, 1.82) is 0 Å². The van der Waals surface area contributed by atoms with Crippen molar-refractivity contribution in [2.24, 2.45) is 0 Å². The van der Waals surface area contributed by atoms with Crippen LogP contribution in [0.1, 0.15) is 18.9 Å². The Labute approximate surface area is 176 Å². The quantitative estimate of drug-likeness (QED) is 0.637. The number of amides is 1. The van der Waals surface area contributed by atoms with E-state index in [1.807, 2.05) is 43.5 Å². The Morgan fingerprint density at radius 1 is 1.37 bits per heavy atom. The zero-order valence-corrected chi connectivity index (χ0v) is 17.6. The average molecular weight is 406 g/mol. The van der Waals surface area contributed by atoms with Crippen molar-refractivity contribution in [3.8, 4) is 11.4 Å². The molecule has 0 spiro atoms. The maximum atomic E-state index is 13.1. The molecule has 0 bridgehead atoms. The largest absolute Gasteiger partial charge is 0.383 e. The minimum atomic E-state index is -0.250. The van der Waals surface area contributed by atoms with Gasteiger partial charge in [-0.2, -0.15) is 0 Å². The lowest BCUT2D eigenvalue weighted by molar-refractivity contribution is -0.120. The molecule has 2 aromatic heterocycles. The first kappa shape index (κ1) is 20.3. The maximum absolute atomic E-state index is 13.1. The van der Waals surface area contributed by atoms with Gasteiger partial charge in [0.2, 0.25) is 5.91 Å². The van der Waals surface area contributed by atoms with E-state index in [1.165, 1.54) is 0 Å². The second kappa shape index (κ2) is 8.38. The van der Waals surface area contributed by atoms with Crippen LogP contribution in [0, 0.1) is 6.92 Å². The van der Waals surface area contributed by atoms with E-state index in [2.05, 4.69) is 33.8 Å². The second-order valence-electron chi connectivity index (χ2n) is 7.76. The first-order valence-electron chi connectivity index (χ1n) is 10.1. The normalized spacial score (nSPS) is 19.5. The summed E-state index contributed by atoms with van der Waals surface area (Å²) in [5, 5.41) is 7.66. The van der Waals surface area contributed by atoms with Gasteiger partial charge in [-0.25, -0.2) is 9.50 Å². The SMILES string of the molecule is C=C1C[C@H](C(=O)Nc2ccc(C)c(-c3ncc4cccn4n3)c2)N(CCOC)[C@@H]1C. The summed E-state index contributed by atoms with van der Waals surface area (Å²) >= 11 is 0. The molecule has 7 nitrogen and oxygen atoms in total. The number of methoxy groups -OCH3 is 1. The van der Waals surface area contributed by atoms with Gasteiger partial charge in [0.1, 0.15) is 0 Å². The molecule has 0 radical (unpaired) electrons. The molecular weight excluding hydrogens is 378 g/mol. The van der Waals surface area contributed by atoms with Crippen LogP contribution in [0.15, 0.2) is 54.9 Å². The number of aryl methyl sites for hydroxylation is 1. The van der Waals surface area contributed by atoms with Crippen molar-refractivity contribution in [3.05, 3.63) is 60.4 Å². The molecule has 3 heterocycles. The van der Waals surface area contributed by atoms with Crippen LogP contribution in [0.4, 0.5) is 5.69 Å². The van der Waals surface area contributed by atoms with E-state index in [0.29, 0.717) is 25.4 Å². The molecule has 2 atom stereocenters. The van der Waals surface area contributed by atoms with Crippen molar-refractivity contribution in [2.75, 3.05) is 25.6 Å². The number of hydrogen-bond acceptors (Lipinski definition) is 5. The summed E-state index contributed by atoms with van der Waals surface area (Å²) in [6.45, 7) is 9.51. The number of anilines is 1. The molecule has 4 rings (SSSR count). The van der Waals surface area contributed by atoms with Crippen LogP contribution in [0.25, 0.3) is 16.9 Å². The number of aromatic nitrogens is 3. The monoisotopic (exact) mass is 405 g/mol. The van der Waals surface area contributed by atoms with Gasteiger partial charge in [0.05, 0.1) is 24.4 Å². The van der Waals surface area contributed by atoms with Crippen LogP contribution >= 0.6 is 0 Å². The molecule has 0 unspecified atom stereocenters. The molecule has 0 saturated carbocycles. The van der Waals surface area contributed by atoms with Crippen molar-refractivity contribution < 1.29 is 9.53 Å². The molecule has 1 fully saturated rings. The van der Waals surface area contributed by atoms with E-state index in [9.17, 15) is 4.79 Å². The van der Waals surface area contributed by atoms with Crippen LogP contribution in [-0.4, -0.2) is 57.8 Å². The summed E-state index contributed by atoms with van der Waals surface area (Å²) in [6, 6.07) is 9.63. The fourth-order valence-corrected chi connectivity index (χ4v) is 3.95. The molecule has 7 heteroatoms. The highest BCUT2D eigenvalue weighted by Crippen LogP contribution is 2.29. The lowest BCUT2D eigenvalue weighted by Gasteiger charge is -2.27. The minimum Gasteiger partial charge on any atom is -0.383 e. The number of fused-ring (bicyclic) bond motifs is 1. The van der Waals surface area contributed by atoms with Crippen LogP contribution in [-0.2, 0) is 9.53 Å². The summed E-state index contributed by atoms with van der Waals surface area (Å²) in [5.41, 5.74) is 4.68. The molecule has 30 heavy (non-hydrogen) atoms. The molecule has 1 aromatic carbocycles. The molecule has 3 aromatic rings. The van der Waals surface area contributed by atoms with E-state index in [0.717, 1.165) is 27.9 Å². The highest BCUT2D eigenvalue weighted by molar-refractivity contribution is 5.96. The third-order valence-electron chi connectivity index (χ3n) is 5.83. The van der Waals surface area contributed by atoms with Crippen LogP contribution in [0.5, 0.6) is 0 Å². The van der Waals surface area contributed by atoms with Crippen molar-refractivity contribution in [2.45, 2.75) is 32.4 Å². The number of likely N-dealkylation sites (tertiary alicyclic amines) is 1. The van der Waals surface area contributed by atoms with Crippen molar-refractivity contribution in [1.82, 2.24) is 19.5 Å². The van der Waals surface area contributed by atoms with Gasteiger partial charge in [0, 0.05) is 37.1 Å². The number of hydrogen-bond donors (Lipinski definition) is 1. The van der Waals surface area contributed by atoms with Gasteiger partial charge in [0.25, 0.3) is 0 Å². The highest BCUT2D eigenvalue weighted by Gasteiger charge is 2.37. The van der Waals surface area contributed by atoms with Gasteiger partial charge < -0.3 is 10.1 Å². The Morgan fingerprint density at radius 2 is 2.20 bits per heavy atom. The van der Waals surface area contributed by atoms with Gasteiger partial charge in [-0.05, 0) is 50.1 Å². The number of carbonyl (C=O) groups is 1. The summed E-state index contributed by atoms with van der Waals surface area (Å²) in [7, 11) is 1.67. The second-order valence-corrected chi connectivity index (χ2v) is 7.76. The molecule has 1 aliphatic heterocycles. The molecular formula is C23H27N5O2. The van der Waals surface area contributed by atoms with Gasteiger partial charge in [-0.3, -0.25) is 9.69 Å². The van der Waals surface area contributed by atoms with Crippen molar-refractivity contribution in [3.63, 3.8) is 0 Å². The maximum Gasteiger partial charge on any atom is 0.242 e. The number of nitrogens with one attached hydrogen (secondary N) is 1. The summed E-state index contributed by atoms with van der Waals surface area (Å²) in [6.07, 6.45) is 4.35. The lowest BCUT2D eigenvalue weighted by atomic mass is 10.1. The zero-order chi connectivity index (χ0) is 21.3. The van der Waals surface area contributed by atoms with E-state index in [-0.39, 0.29) is 18.0 Å². The molecule has 1 amide bonds. The Morgan fingerprint density at radius 3 is 3.00 bits per heavy atom. The Bertz CT molecular complexity index is 1090. The minimum absolute atomic E-state index is 0.0341. The summed E-state index contributed by atoms with van der Waals surface area (Å²) < 4.78 is 7.02. The Balaban J connectivity index is 1.56. The van der Waals surface area contributed by atoms with Crippen molar-refractivity contribution >= 4 is 17.1 Å². The number of benzene rings is 1. The number of carbonyl (C=O) groups excluding carboxylic acids is 1. The Hall–Kier alpha value is -3.03. The van der Waals surface area contributed by atoms with Crippen LogP contribution < -0.4 is 5.32 Å². The van der Waals surface area contributed by atoms with Gasteiger partial charge in [-0.15, -0.1) is 5.10 Å². The standard InChI is InChI=1S/C23H27N5O2/c1-15-7-8-18(13-20(15)22-24-14-19-6-5-9-28(19)26-22)25-23(29)21-12-16(2)17(3)27(21)10-11-30-4/h5-9,13-14,17,21H,2,10-12H2,1,3-4H3,(H,25,29)/t17-,21-/m1/s1. The molecule has 1 saturated heterocycles. The first-order chi connectivity index (χ1) is 14.5. The fourth-order valence-electron chi connectivity index (χ4n) is 3.95. The third-order valence-corrected chi connectivity index (χ3v) is 5.83. The predicted octanol–water partition coefficient (Wildman–Crippen LogP) is 3.31. The number of ether oxygens (including phenoxy) is 1. The molecule has 1 aliphatic rings. The van der Waals surface area contributed by atoms with E-state index in [1.54, 1.807) is 17.8 Å². The summed E-state index contributed by atoms with van der Waals surface area (Å²) in [5.74, 6) is 0.588. The first-order valence-corrected chi connectivity index (χ1v) is 10.1. The average Bonchev–Trinajstić information content (AvgIpc) is 3.32. The smallest absolute Gasteiger partial charge is 0.242 e. The van der Waals surface area contributed by atoms with Gasteiger partial charge >= 0.3 is 0 Å². The lowest BCUT2D eigenvalue weighted by Crippen LogP contribution is -2.44. The zero-order valence-electron chi connectivity index (χ0n) is 17.6. The van der Waals surface area contributed by atoms with Crippen LogP contribution in [0.2, 0.25) is 0 Å². The van der Waals surface area contributed by atoms with Crippen LogP contribution in [0.3, 0.4) is 0 Å². The third kappa shape index (κ3) is 3.86. The highest BCUT2D eigenvalue weighted by atomic mass is 16.5. The van der Waals surface area contributed by atoms with E-state index in [4.69, 9.17) is 4.74 Å². The van der Waals surface area contributed by atoms with Gasteiger partial charge in [0.15, 0.2) is 5.82 Å². The molecule has 1 N–H and O–H groups in total. The fraction of sp³-hybridized carbons (Fsp3) is 0.348. The number of rotatable bonds is 6. The molecule has 0 aliphatic carbocycles. The number of nitrogens with zero attached hydrogens (tertiary/aromatic N) is 4. The van der Waals surface area contributed by atoms with Gasteiger partial charge in [-0.1, -0.05) is 18.2 Å². The van der Waals surface area contributed by atoms with E-state index < -0.39 is 0 Å².